The Bertz CT molecular complexity index is 898. The van der Waals surface area contributed by atoms with E-state index in [1.54, 1.807) is 13.0 Å². The summed E-state index contributed by atoms with van der Waals surface area (Å²) < 4.78 is 29.3. The lowest BCUT2D eigenvalue weighted by Gasteiger charge is -2.21. The smallest absolute Gasteiger partial charge is 0.251 e. The molecule has 0 heterocycles. The van der Waals surface area contributed by atoms with E-state index in [9.17, 15) is 13.6 Å². The van der Waals surface area contributed by atoms with Gasteiger partial charge in [-0.1, -0.05) is 44.2 Å². The third-order valence-corrected chi connectivity index (χ3v) is 6.43. The van der Waals surface area contributed by atoms with Crippen molar-refractivity contribution in [2.75, 3.05) is 0 Å². The van der Waals surface area contributed by atoms with E-state index in [1.807, 2.05) is 12.1 Å². The Balaban J connectivity index is 1.53. The van der Waals surface area contributed by atoms with Crippen LogP contribution >= 0.6 is 0 Å². The van der Waals surface area contributed by atoms with Crippen molar-refractivity contribution in [2.45, 2.75) is 70.8 Å². The van der Waals surface area contributed by atoms with Crippen LogP contribution in [0.2, 0.25) is 0 Å². The van der Waals surface area contributed by atoms with Gasteiger partial charge in [0.15, 0.2) is 0 Å². The lowest BCUT2D eigenvalue weighted by atomic mass is 9.85. The van der Waals surface area contributed by atoms with E-state index in [1.165, 1.54) is 44.2 Å². The molecule has 2 fully saturated rings. The molecule has 0 unspecified atom stereocenters. The standard InChI is InChI=1S/C25H29F2NO/c1-16-22(13-20(15-23(16)26)25(29)28-21-11-12-21)19-10-9-18(24(27)14-19)8-7-17-5-3-2-4-6-17/h9-10,13-15,17,21H,2-8,11-12H2,1H3,(H,28,29). The van der Waals surface area contributed by atoms with E-state index in [0.29, 0.717) is 22.6 Å². The number of carbonyl (C=O) groups excluding carboxylic acids is 1. The maximum Gasteiger partial charge on any atom is 0.251 e. The van der Waals surface area contributed by atoms with E-state index >= 15 is 0 Å². The first-order valence-corrected chi connectivity index (χ1v) is 10.9. The number of nitrogens with one attached hydrogen (secondary N) is 1. The second-order valence-electron chi connectivity index (χ2n) is 8.73. The van der Waals surface area contributed by atoms with Crippen molar-refractivity contribution in [1.29, 1.82) is 0 Å². The van der Waals surface area contributed by atoms with Gasteiger partial charge in [-0.2, -0.15) is 0 Å². The van der Waals surface area contributed by atoms with E-state index < -0.39 is 5.82 Å². The number of benzene rings is 2. The molecule has 1 N–H and O–H groups in total. The largest absolute Gasteiger partial charge is 0.349 e. The first-order valence-electron chi connectivity index (χ1n) is 10.9. The number of hydrogen-bond donors (Lipinski definition) is 1. The summed E-state index contributed by atoms with van der Waals surface area (Å²) >= 11 is 0. The van der Waals surface area contributed by atoms with E-state index in [-0.39, 0.29) is 23.3 Å². The van der Waals surface area contributed by atoms with Crippen LogP contribution in [0.25, 0.3) is 11.1 Å². The fourth-order valence-corrected chi connectivity index (χ4v) is 4.36. The molecule has 0 aromatic heterocycles. The van der Waals surface area contributed by atoms with Crippen molar-refractivity contribution < 1.29 is 13.6 Å². The van der Waals surface area contributed by atoms with Gasteiger partial charge >= 0.3 is 0 Å². The van der Waals surface area contributed by atoms with Crippen LogP contribution in [0.1, 0.15) is 72.9 Å². The molecule has 29 heavy (non-hydrogen) atoms. The summed E-state index contributed by atoms with van der Waals surface area (Å²) in [6.07, 6.45) is 10.1. The maximum atomic E-state index is 14.8. The van der Waals surface area contributed by atoms with Crippen LogP contribution in [-0.4, -0.2) is 11.9 Å². The van der Waals surface area contributed by atoms with E-state index in [2.05, 4.69) is 5.32 Å². The molecular formula is C25H29F2NO. The van der Waals surface area contributed by atoms with Crippen LogP contribution in [0.5, 0.6) is 0 Å². The summed E-state index contributed by atoms with van der Waals surface area (Å²) in [5, 5.41) is 2.88. The predicted molar refractivity (Wildman–Crippen MR) is 112 cm³/mol. The number of halogens is 2. The Morgan fingerprint density at radius 2 is 1.76 bits per heavy atom. The monoisotopic (exact) mass is 397 g/mol. The highest BCUT2D eigenvalue weighted by molar-refractivity contribution is 5.96. The molecule has 4 heteroatoms. The molecule has 0 bridgehead atoms. The molecule has 2 aliphatic carbocycles. The molecule has 0 saturated heterocycles. The average Bonchev–Trinajstić information content (AvgIpc) is 3.53. The molecule has 2 saturated carbocycles. The summed E-state index contributed by atoms with van der Waals surface area (Å²) in [5.41, 5.74) is 2.63. The fraction of sp³-hybridized carbons (Fsp3) is 0.480. The minimum Gasteiger partial charge on any atom is -0.349 e. The van der Waals surface area contributed by atoms with Crippen molar-refractivity contribution in [3.8, 4) is 11.1 Å². The molecular weight excluding hydrogens is 368 g/mol. The van der Waals surface area contributed by atoms with E-state index in [4.69, 9.17) is 0 Å². The summed E-state index contributed by atoms with van der Waals surface area (Å²) in [6.45, 7) is 1.67. The number of carbonyl (C=O) groups is 1. The first-order chi connectivity index (χ1) is 14.0. The number of amides is 1. The lowest BCUT2D eigenvalue weighted by Crippen LogP contribution is -2.25. The van der Waals surface area contributed by atoms with Gasteiger partial charge in [-0.3, -0.25) is 4.79 Å². The Morgan fingerprint density at radius 3 is 2.45 bits per heavy atom. The highest BCUT2D eigenvalue weighted by Crippen LogP contribution is 2.31. The molecule has 4 rings (SSSR count). The minimum atomic E-state index is -0.440. The Labute approximate surface area is 171 Å². The maximum absolute atomic E-state index is 14.8. The number of aryl methyl sites for hydroxylation is 1. The normalized spacial score (nSPS) is 17.3. The van der Waals surface area contributed by atoms with Gasteiger partial charge in [-0.05, 0) is 79.0 Å². The molecule has 154 valence electrons. The molecule has 2 aliphatic rings. The third kappa shape index (κ3) is 4.85. The zero-order valence-corrected chi connectivity index (χ0v) is 17.1. The van der Waals surface area contributed by atoms with E-state index in [0.717, 1.165) is 31.2 Å². The summed E-state index contributed by atoms with van der Waals surface area (Å²) in [4.78, 5) is 12.3. The molecule has 0 atom stereocenters. The van der Waals surface area contributed by atoms with Gasteiger partial charge in [-0.15, -0.1) is 0 Å². The first kappa shape index (κ1) is 20.1. The van der Waals surface area contributed by atoms with Crippen LogP contribution in [0.15, 0.2) is 30.3 Å². The topological polar surface area (TPSA) is 29.1 Å². The van der Waals surface area contributed by atoms with Gasteiger partial charge in [-0.25, -0.2) is 8.78 Å². The predicted octanol–water partition coefficient (Wildman–Crippen LogP) is 6.35. The van der Waals surface area contributed by atoms with Gasteiger partial charge in [0.2, 0.25) is 0 Å². The van der Waals surface area contributed by atoms with Crippen LogP contribution in [0, 0.1) is 24.5 Å². The lowest BCUT2D eigenvalue weighted by molar-refractivity contribution is 0.0950. The van der Waals surface area contributed by atoms with Crippen molar-refractivity contribution in [3.05, 3.63) is 58.7 Å². The molecule has 0 spiro atoms. The Kier molecular flexibility index (Phi) is 5.98. The number of hydrogen-bond acceptors (Lipinski definition) is 1. The molecule has 2 aromatic rings. The van der Waals surface area contributed by atoms with Gasteiger partial charge in [0.1, 0.15) is 11.6 Å². The second kappa shape index (κ2) is 8.64. The van der Waals surface area contributed by atoms with Crippen LogP contribution < -0.4 is 5.32 Å². The average molecular weight is 398 g/mol. The van der Waals surface area contributed by atoms with Gasteiger partial charge in [0.05, 0.1) is 0 Å². The molecule has 2 nitrogen and oxygen atoms in total. The van der Waals surface area contributed by atoms with Crippen molar-refractivity contribution >= 4 is 5.91 Å². The molecule has 2 aromatic carbocycles. The minimum absolute atomic E-state index is 0.205. The van der Waals surface area contributed by atoms with Crippen LogP contribution in [0.4, 0.5) is 8.78 Å². The fourth-order valence-electron chi connectivity index (χ4n) is 4.36. The SMILES string of the molecule is Cc1c(F)cc(C(=O)NC2CC2)cc1-c1ccc(CCC2CCCCC2)c(F)c1. The van der Waals surface area contributed by atoms with Crippen LogP contribution in [0.3, 0.4) is 0 Å². The van der Waals surface area contributed by atoms with Gasteiger partial charge < -0.3 is 5.32 Å². The van der Waals surface area contributed by atoms with Crippen molar-refractivity contribution in [2.24, 2.45) is 5.92 Å². The summed E-state index contributed by atoms with van der Waals surface area (Å²) in [5.74, 6) is -0.241. The summed E-state index contributed by atoms with van der Waals surface area (Å²) in [6, 6.07) is 8.31. The molecule has 0 aliphatic heterocycles. The second-order valence-corrected chi connectivity index (χ2v) is 8.73. The third-order valence-electron chi connectivity index (χ3n) is 6.43. The Morgan fingerprint density at radius 1 is 1.00 bits per heavy atom. The Hall–Kier alpha value is -2.23. The highest BCUT2D eigenvalue weighted by atomic mass is 19.1. The van der Waals surface area contributed by atoms with Crippen LogP contribution in [-0.2, 0) is 6.42 Å². The van der Waals surface area contributed by atoms with Crippen molar-refractivity contribution in [3.63, 3.8) is 0 Å². The van der Waals surface area contributed by atoms with Crippen molar-refractivity contribution in [1.82, 2.24) is 5.32 Å². The molecule has 1 amide bonds. The summed E-state index contributed by atoms with van der Waals surface area (Å²) in [7, 11) is 0. The van der Waals surface area contributed by atoms with Gasteiger partial charge in [0, 0.05) is 11.6 Å². The zero-order valence-electron chi connectivity index (χ0n) is 17.1. The molecule has 0 radical (unpaired) electrons. The quantitative estimate of drug-likeness (QED) is 0.605. The zero-order chi connectivity index (χ0) is 20.4. The van der Waals surface area contributed by atoms with Gasteiger partial charge in [0.25, 0.3) is 5.91 Å². The highest BCUT2D eigenvalue weighted by Gasteiger charge is 2.24. The number of rotatable bonds is 6.